The summed E-state index contributed by atoms with van der Waals surface area (Å²) in [5.41, 5.74) is 0.711. The predicted octanol–water partition coefficient (Wildman–Crippen LogP) is 2.94. The molecule has 0 aliphatic carbocycles. The van der Waals surface area contributed by atoms with Crippen LogP contribution < -0.4 is 15.7 Å². The van der Waals surface area contributed by atoms with Gasteiger partial charge in [-0.1, -0.05) is 12.1 Å². The van der Waals surface area contributed by atoms with Crippen LogP contribution in [0.2, 0.25) is 0 Å². The Hall–Kier alpha value is -3.94. The minimum absolute atomic E-state index is 0.129. The fourth-order valence-corrected chi connectivity index (χ4v) is 2.62. The zero-order valence-electron chi connectivity index (χ0n) is 16.3. The molecular formula is C22H19NO7. The highest BCUT2D eigenvalue weighted by molar-refractivity contribution is 5.98. The zero-order chi connectivity index (χ0) is 21.7. The van der Waals surface area contributed by atoms with Crippen LogP contribution >= 0.6 is 0 Å². The summed E-state index contributed by atoms with van der Waals surface area (Å²) in [4.78, 5) is 46.9. The lowest BCUT2D eigenvalue weighted by Crippen LogP contribution is -2.31. The summed E-state index contributed by atoms with van der Waals surface area (Å²) < 4.78 is 15.5. The van der Waals surface area contributed by atoms with Crippen molar-refractivity contribution < 1.29 is 28.3 Å². The molecular weight excluding hydrogens is 390 g/mol. The molecule has 154 valence electrons. The maximum atomic E-state index is 12.2. The van der Waals surface area contributed by atoms with E-state index >= 15 is 0 Å². The molecule has 0 bridgehead atoms. The Bertz CT molecular complexity index is 1170. The Balaban J connectivity index is 1.54. The highest BCUT2D eigenvalue weighted by atomic mass is 16.6. The van der Waals surface area contributed by atoms with Crippen molar-refractivity contribution in [1.82, 2.24) is 0 Å². The number of carbonyl (C=O) groups is 3. The molecule has 1 atom stereocenters. The second kappa shape index (κ2) is 9.04. The van der Waals surface area contributed by atoms with Crippen molar-refractivity contribution in [3.05, 3.63) is 70.6 Å². The van der Waals surface area contributed by atoms with Gasteiger partial charge in [-0.3, -0.25) is 9.59 Å². The lowest BCUT2D eigenvalue weighted by Gasteiger charge is -2.14. The van der Waals surface area contributed by atoms with E-state index in [0.29, 0.717) is 28.0 Å². The van der Waals surface area contributed by atoms with Crippen LogP contribution in [0.3, 0.4) is 0 Å². The lowest BCUT2D eigenvalue weighted by molar-refractivity contribution is -0.155. The fraction of sp³-hybridized carbons (Fsp3) is 0.182. The van der Waals surface area contributed by atoms with Crippen molar-refractivity contribution in [2.24, 2.45) is 0 Å². The SMILES string of the molecule is CC(=O)c1cccc(NC(=O)C(C)OC(=O)COc2ccc3ccc(=O)oc3c2)c1. The van der Waals surface area contributed by atoms with Gasteiger partial charge in [0.05, 0.1) is 0 Å². The molecule has 0 fully saturated rings. The quantitative estimate of drug-likeness (QED) is 0.363. The lowest BCUT2D eigenvalue weighted by atomic mass is 10.1. The van der Waals surface area contributed by atoms with Gasteiger partial charge in [-0.2, -0.15) is 0 Å². The van der Waals surface area contributed by atoms with Crippen molar-refractivity contribution in [2.45, 2.75) is 20.0 Å². The van der Waals surface area contributed by atoms with Crippen LogP contribution in [0.5, 0.6) is 5.75 Å². The van der Waals surface area contributed by atoms with Crippen molar-refractivity contribution in [3.63, 3.8) is 0 Å². The topological polar surface area (TPSA) is 112 Å². The standard InChI is InChI=1S/C22H19NO7/c1-13(24)16-4-3-5-17(10-16)23-22(27)14(2)29-21(26)12-28-18-8-6-15-7-9-20(25)30-19(15)11-18/h3-11,14H,12H2,1-2H3,(H,23,27). The van der Waals surface area contributed by atoms with Gasteiger partial charge in [-0.15, -0.1) is 0 Å². The molecule has 1 aromatic heterocycles. The number of carbonyl (C=O) groups excluding carboxylic acids is 3. The van der Waals surface area contributed by atoms with Crippen LogP contribution in [0, 0.1) is 0 Å². The van der Waals surface area contributed by atoms with Crippen LogP contribution in [0.1, 0.15) is 24.2 Å². The molecule has 0 aliphatic heterocycles. The molecule has 0 spiro atoms. The van der Waals surface area contributed by atoms with Crippen LogP contribution in [0.4, 0.5) is 5.69 Å². The summed E-state index contributed by atoms with van der Waals surface area (Å²) in [6, 6.07) is 14.2. The Morgan fingerprint density at radius 1 is 1.07 bits per heavy atom. The third-order valence-electron chi connectivity index (χ3n) is 4.17. The molecule has 1 N–H and O–H groups in total. The molecule has 8 nitrogen and oxygen atoms in total. The highest BCUT2D eigenvalue weighted by Gasteiger charge is 2.18. The van der Waals surface area contributed by atoms with E-state index in [4.69, 9.17) is 13.9 Å². The summed E-state index contributed by atoms with van der Waals surface area (Å²) in [6.45, 7) is 2.42. The zero-order valence-corrected chi connectivity index (χ0v) is 16.3. The van der Waals surface area contributed by atoms with Crippen LogP contribution in [0.25, 0.3) is 11.0 Å². The van der Waals surface area contributed by atoms with E-state index in [1.54, 1.807) is 36.4 Å². The van der Waals surface area contributed by atoms with Gasteiger partial charge < -0.3 is 19.2 Å². The largest absolute Gasteiger partial charge is 0.482 e. The molecule has 0 saturated heterocycles. The van der Waals surface area contributed by atoms with E-state index < -0.39 is 30.2 Å². The summed E-state index contributed by atoms with van der Waals surface area (Å²) in [6.07, 6.45) is -1.07. The highest BCUT2D eigenvalue weighted by Crippen LogP contribution is 2.19. The van der Waals surface area contributed by atoms with Crippen LogP contribution in [0.15, 0.2) is 63.8 Å². The van der Waals surface area contributed by atoms with Crippen LogP contribution in [-0.2, 0) is 14.3 Å². The number of Topliss-reactive ketones (excluding diaryl/α,β-unsaturated/α-hetero) is 1. The number of hydrogen-bond donors (Lipinski definition) is 1. The predicted molar refractivity (Wildman–Crippen MR) is 109 cm³/mol. The normalized spacial score (nSPS) is 11.5. The van der Waals surface area contributed by atoms with Gasteiger partial charge in [0.15, 0.2) is 18.5 Å². The van der Waals surface area contributed by atoms with Crippen molar-refractivity contribution >= 4 is 34.3 Å². The van der Waals surface area contributed by atoms with E-state index in [1.165, 1.54) is 32.0 Å². The molecule has 3 rings (SSSR count). The van der Waals surface area contributed by atoms with Gasteiger partial charge >= 0.3 is 11.6 Å². The Morgan fingerprint density at radius 2 is 1.83 bits per heavy atom. The summed E-state index contributed by atoms with van der Waals surface area (Å²) in [7, 11) is 0. The number of fused-ring (bicyclic) bond motifs is 1. The average molecular weight is 409 g/mol. The molecule has 0 saturated carbocycles. The number of ketones is 1. The number of esters is 1. The molecule has 3 aromatic rings. The van der Waals surface area contributed by atoms with Gasteiger partial charge in [0.25, 0.3) is 5.91 Å². The smallest absolute Gasteiger partial charge is 0.344 e. The first-order chi connectivity index (χ1) is 14.3. The number of anilines is 1. The number of hydrogen-bond acceptors (Lipinski definition) is 7. The molecule has 1 amide bonds. The summed E-state index contributed by atoms with van der Waals surface area (Å²) >= 11 is 0. The summed E-state index contributed by atoms with van der Waals surface area (Å²) in [5, 5.41) is 3.30. The van der Waals surface area contributed by atoms with E-state index in [2.05, 4.69) is 5.32 Å². The monoisotopic (exact) mass is 409 g/mol. The minimum atomic E-state index is -1.07. The molecule has 8 heteroatoms. The fourth-order valence-electron chi connectivity index (χ4n) is 2.62. The Morgan fingerprint density at radius 3 is 2.60 bits per heavy atom. The van der Waals surface area contributed by atoms with Crippen LogP contribution in [-0.4, -0.2) is 30.4 Å². The van der Waals surface area contributed by atoms with E-state index in [9.17, 15) is 19.2 Å². The van der Waals surface area contributed by atoms with Gasteiger partial charge in [-0.05, 0) is 44.2 Å². The van der Waals surface area contributed by atoms with E-state index in [0.717, 1.165) is 0 Å². The minimum Gasteiger partial charge on any atom is -0.482 e. The number of rotatable bonds is 7. The number of ether oxygens (including phenoxy) is 2. The maximum Gasteiger partial charge on any atom is 0.344 e. The molecule has 0 aliphatic rings. The molecule has 1 heterocycles. The molecule has 0 radical (unpaired) electrons. The maximum absolute atomic E-state index is 12.2. The Labute approximate surface area is 171 Å². The van der Waals surface area contributed by atoms with Crippen molar-refractivity contribution in [1.29, 1.82) is 0 Å². The van der Waals surface area contributed by atoms with E-state index in [1.807, 2.05) is 0 Å². The van der Waals surface area contributed by atoms with Gasteiger partial charge in [-0.25, -0.2) is 9.59 Å². The van der Waals surface area contributed by atoms with Crippen molar-refractivity contribution in [3.8, 4) is 5.75 Å². The molecule has 2 aromatic carbocycles. The van der Waals surface area contributed by atoms with Gasteiger partial charge in [0.1, 0.15) is 11.3 Å². The third kappa shape index (κ3) is 5.32. The second-order valence-electron chi connectivity index (χ2n) is 6.50. The van der Waals surface area contributed by atoms with E-state index in [-0.39, 0.29) is 5.78 Å². The summed E-state index contributed by atoms with van der Waals surface area (Å²) in [5.74, 6) is -1.11. The first kappa shape index (κ1) is 20.8. The number of amides is 1. The average Bonchev–Trinajstić information content (AvgIpc) is 2.72. The first-order valence-electron chi connectivity index (χ1n) is 9.10. The molecule has 30 heavy (non-hydrogen) atoms. The number of benzene rings is 2. The van der Waals surface area contributed by atoms with Gasteiger partial charge in [0, 0.05) is 28.8 Å². The van der Waals surface area contributed by atoms with Crippen molar-refractivity contribution in [2.75, 3.05) is 11.9 Å². The Kier molecular flexibility index (Phi) is 6.26. The second-order valence-corrected chi connectivity index (χ2v) is 6.50. The third-order valence-corrected chi connectivity index (χ3v) is 4.17. The number of nitrogens with one attached hydrogen (secondary N) is 1. The van der Waals surface area contributed by atoms with Gasteiger partial charge in [0.2, 0.25) is 0 Å². The first-order valence-corrected chi connectivity index (χ1v) is 9.10. The molecule has 1 unspecified atom stereocenters.